The molecule has 21 heavy (non-hydrogen) atoms. The van der Waals surface area contributed by atoms with Crippen LogP contribution in [0.4, 0.5) is 0 Å². The van der Waals surface area contributed by atoms with E-state index < -0.39 is 8.07 Å². The zero-order valence-corrected chi connectivity index (χ0v) is 14.6. The molecule has 0 saturated heterocycles. The Hall–Kier alpha value is -1.08. The van der Waals surface area contributed by atoms with Gasteiger partial charge in [-0.05, 0) is 29.7 Å². The maximum absolute atomic E-state index is 2.52. The van der Waals surface area contributed by atoms with Gasteiger partial charge in [0.1, 0.15) is 0 Å². The van der Waals surface area contributed by atoms with Crippen molar-refractivity contribution in [3.63, 3.8) is 0 Å². The van der Waals surface area contributed by atoms with Crippen LogP contribution in [0, 0.1) is 17.8 Å². The number of fused-ring (bicyclic) bond motifs is 1. The van der Waals surface area contributed by atoms with Crippen LogP contribution in [0.2, 0.25) is 17.6 Å². The fourth-order valence-electron chi connectivity index (χ4n) is 5.09. The highest BCUT2D eigenvalue weighted by Crippen LogP contribution is 2.53. The highest BCUT2D eigenvalue weighted by molar-refractivity contribution is 6.93. The third kappa shape index (κ3) is 2.36. The normalized spacial score (nSPS) is 31.4. The van der Waals surface area contributed by atoms with E-state index in [0.29, 0.717) is 0 Å². The standard InChI is InChI=1S/C20H28Si/c1-4-21(5-2,17-11-7-6-8-12-17)20-15-16(3)18-13-9-10-14-19(18)20/h6-14,16,18-20H,4-5,15H2,1-3H3. The van der Waals surface area contributed by atoms with Gasteiger partial charge in [-0.25, -0.2) is 0 Å². The summed E-state index contributed by atoms with van der Waals surface area (Å²) < 4.78 is 0. The maximum atomic E-state index is 2.52. The lowest BCUT2D eigenvalue weighted by molar-refractivity contribution is 0.450. The molecule has 1 fully saturated rings. The van der Waals surface area contributed by atoms with E-state index >= 15 is 0 Å². The van der Waals surface area contributed by atoms with E-state index in [1.165, 1.54) is 18.5 Å². The van der Waals surface area contributed by atoms with Crippen LogP contribution < -0.4 is 5.19 Å². The van der Waals surface area contributed by atoms with Crippen LogP contribution in [-0.2, 0) is 0 Å². The summed E-state index contributed by atoms with van der Waals surface area (Å²) in [5.41, 5.74) is 0.913. The molecular formula is C20H28Si. The molecule has 0 spiro atoms. The van der Waals surface area contributed by atoms with Gasteiger partial charge in [0.15, 0.2) is 0 Å². The third-order valence-corrected chi connectivity index (χ3v) is 12.3. The van der Waals surface area contributed by atoms with E-state index in [9.17, 15) is 0 Å². The molecular weight excluding hydrogens is 268 g/mol. The van der Waals surface area contributed by atoms with Crippen LogP contribution in [-0.4, -0.2) is 8.07 Å². The second kappa shape index (κ2) is 5.96. The lowest BCUT2D eigenvalue weighted by Crippen LogP contribution is -2.52. The van der Waals surface area contributed by atoms with Gasteiger partial charge in [0.2, 0.25) is 0 Å². The lowest BCUT2D eigenvalue weighted by atomic mass is 9.87. The smallest absolute Gasteiger partial charge is 0.0808 e. The van der Waals surface area contributed by atoms with Gasteiger partial charge in [-0.1, -0.05) is 92.7 Å². The average Bonchev–Trinajstić information content (AvgIpc) is 2.89. The first-order valence-corrected chi connectivity index (χ1v) is 11.1. The Bertz CT molecular complexity index is 524. The number of benzene rings is 1. The summed E-state index contributed by atoms with van der Waals surface area (Å²) >= 11 is 0. The second-order valence-corrected chi connectivity index (χ2v) is 12.0. The van der Waals surface area contributed by atoms with Crippen molar-refractivity contribution in [1.29, 1.82) is 0 Å². The zero-order chi connectivity index (χ0) is 14.9. The first kappa shape index (κ1) is 14.8. The van der Waals surface area contributed by atoms with Gasteiger partial charge < -0.3 is 0 Å². The molecule has 0 amide bonds. The van der Waals surface area contributed by atoms with Crippen LogP contribution in [0.5, 0.6) is 0 Å². The summed E-state index contributed by atoms with van der Waals surface area (Å²) in [6.07, 6.45) is 11.0. The Morgan fingerprint density at radius 1 is 0.952 bits per heavy atom. The van der Waals surface area contributed by atoms with Crippen molar-refractivity contribution in [3.8, 4) is 0 Å². The minimum absolute atomic E-state index is 0.786. The molecule has 4 atom stereocenters. The predicted octanol–water partition coefficient (Wildman–Crippen LogP) is 5.15. The Morgan fingerprint density at radius 2 is 1.57 bits per heavy atom. The summed E-state index contributed by atoms with van der Waals surface area (Å²) in [4.78, 5) is 0. The van der Waals surface area contributed by atoms with Gasteiger partial charge in [-0.3, -0.25) is 0 Å². The van der Waals surface area contributed by atoms with Gasteiger partial charge in [-0.15, -0.1) is 0 Å². The fourth-order valence-corrected chi connectivity index (χ4v) is 10.6. The highest BCUT2D eigenvalue weighted by Gasteiger charge is 2.50. The number of rotatable bonds is 4. The summed E-state index contributed by atoms with van der Waals surface area (Å²) in [6, 6.07) is 14.2. The molecule has 0 heterocycles. The molecule has 0 aliphatic heterocycles. The van der Waals surface area contributed by atoms with Crippen LogP contribution >= 0.6 is 0 Å². The van der Waals surface area contributed by atoms with E-state index in [1.54, 1.807) is 5.19 Å². The molecule has 2 aliphatic carbocycles. The molecule has 2 aliphatic rings. The second-order valence-electron chi connectivity index (χ2n) is 6.97. The predicted molar refractivity (Wildman–Crippen MR) is 95.6 cm³/mol. The van der Waals surface area contributed by atoms with Gasteiger partial charge in [0.25, 0.3) is 0 Å². The minimum Gasteiger partial charge on any atom is -0.0808 e. The van der Waals surface area contributed by atoms with E-state index in [4.69, 9.17) is 0 Å². The summed E-state index contributed by atoms with van der Waals surface area (Å²) in [5, 5.41) is 1.69. The van der Waals surface area contributed by atoms with Crippen molar-refractivity contribution in [3.05, 3.63) is 54.6 Å². The summed E-state index contributed by atoms with van der Waals surface area (Å²) in [6.45, 7) is 7.36. The average molecular weight is 297 g/mol. The Balaban J connectivity index is 2.02. The number of hydrogen-bond acceptors (Lipinski definition) is 0. The Kier molecular flexibility index (Phi) is 4.21. The summed E-state index contributed by atoms with van der Waals surface area (Å²) in [7, 11) is -1.42. The number of allylic oxidation sites excluding steroid dienone is 4. The fraction of sp³-hybridized carbons (Fsp3) is 0.500. The van der Waals surface area contributed by atoms with Crippen molar-refractivity contribution in [2.45, 2.75) is 44.8 Å². The van der Waals surface area contributed by atoms with Crippen molar-refractivity contribution in [1.82, 2.24) is 0 Å². The Labute approximate surface area is 131 Å². The van der Waals surface area contributed by atoms with E-state index in [2.05, 4.69) is 75.4 Å². The molecule has 0 radical (unpaired) electrons. The van der Waals surface area contributed by atoms with Gasteiger partial charge >= 0.3 is 0 Å². The molecule has 0 nitrogen and oxygen atoms in total. The lowest BCUT2D eigenvalue weighted by Gasteiger charge is -2.40. The van der Waals surface area contributed by atoms with Crippen molar-refractivity contribution >= 4 is 13.3 Å². The highest BCUT2D eigenvalue weighted by atomic mass is 28.3. The monoisotopic (exact) mass is 296 g/mol. The third-order valence-electron chi connectivity index (χ3n) is 6.29. The molecule has 1 aromatic carbocycles. The molecule has 1 heteroatoms. The molecule has 4 unspecified atom stereocenters. The van der Waals surface area contributed by atoms with Gasteiger partial charge in [0, 0.05) is 0 Å². The minimum atomic E-state index is -1.42. The SMILES string of the molecule is CC[Si](CC)(c1ccccc1)C1CC(C)C2C=CC=CC21. The van der Waals surface area contributed by atoms with Crippen LogP contribution in [0.3, 0.4) is 0 Å². The molecule has 1 saturated carbocycles. The molecule has 0 bridgehead atoms. The van der Waals surface area contributed by atoms with Crippen LogP contribution in [0.25, 0.3) is 0 Å². The largest absolute Gasteiger partial charge is 0.0898 e. The van der Waals surface area contributed by atoms with E-state index in [1.807, 2.05) is 0 Å². The molecule has 3 rings (SSSR count). The zero-order valence-electron chi connectivity index (χ0n) is 13.6. The van der Waals surface area contributed by atoms with Crippen LogP contribution in [0.1, 0.15) is 27.2 Å². The topological polar surface area (TPSA) is 0 Å². The van der Waals surface area contributed by atoms with E-state index in [0.717, 1.165) is 23.3 Å². The Morgan fingerprint density at radius 3 is 2.19 bits per heavy atom. The molecule has 112 valence electrons. The van der Waals surface area contributed by atoms with Crippen LogP contribution in [0.15, 0.2) is 54.6 Å². The van der Waals surface area contributed by atoms with Crippen molar-refractivity contribution in [2.75, 3.05) is 0 Å². The van der Waals surface area contributed by atoms with Crippen molar-refractivity contribution in [2.24, 2.45) is 17.8 Å². The maximum Gasteiger partial charge on any atom is 0.0898 e. The first-order valence-electron chi connectivity index (χ1n) is 8.63. The van der Waals surface area contributed by atoms with E-state index in [-0.39, 0.29) is 0 Å². The number of hydrogen-bond donors (Lipinski definition) is 0. The quantitative estimate of drug-likeness (QED) is 0.674. The molecule has 0 N–H and O–H groups in total. The first-order chi connectivity index (χ1) is 10.2. The molecule has 1 aromatic rings. The van der Waals surface area contributed by atoms with Gasteiger partial charge in [-0.2, -0.15) is 0 Å². The summed E-state index contributed by atoms with van der Waals surface area (Å²) in [5.74, 6) is 2.42. The van der Waals surface area contributed by atoms with Crippen molar-refractivity contribution < 1.29 is 0 Å². The molecule has 0 aromatic heterocycles. The van der Waals surface area contributed by atoms with Gasteiger partial charge in [0.05, 0.1) is 8.07 Å².